The van der Waals surface area contributed by atoms with E-state index in [2.05, 4.69) is 57.1 Å². The van der Waals surface area contributed by atoms with Gasteiger partial charge in [-0.15, -0.1) is 0 Å². The van der Waals surface area contributed by atoms with Crippen LogP contribution in [0.4, 0.5) is 0 Å². The van der Waals surface area contributed by atoms with Crippen molar-refractivity contribution in [1.29, 1.82) is 0 Å². The molecule has 1 fully saturated rings. The maximum Gasteiger partial charge on any atom is 0.0702 e. The SMILES string of the molecule is CN(Cc1ccc2ncccc2c1)CC1CC(Br)C1. The molecule has 0 aliphatic heterocycles. The fourth-order valence-corrected chi connectivity index (χ4v) is 3.90. The average molecular weight is 319 g/mol. The minimum atomic E-state index is 0.762. The predicted octanol–water partition coefficient (Wildman–Crippen LogP) is 3.84. The number of pyridine rings is 1. The average Bonchev–Trinajstić information content (AvgIpc) is 2.37. The van der Waals surface area contributed by atoms with Gasteiger partial charge in [0, 0.05) is 29.5 Å². The second-order valence-corrected chi connectivity index (χ2v) is 6.96. The standard InChI is InChI=1S/C16H19BrN2/c1-19(11-13-8-15(17)9-13)10-12-4-5-16-14(7-12)3-2-6-18-16/h2-7,13,15H,8-11H2,1H3. The third-order valence-electron chi connectivity index (χ3n) is 3.87. The smallest absolute Gasteiger partial charge is 0.0702 e. The Morgan fingerprint density at radius 1 is 1.32 bits per heavy atom. The monoisotopic (exact) mass is 318 g/mol. The minimum Gasteiger partial charge on any atom is -0.302 e. The van der Waals surface area contributed by atoms with E-state index in [0.717, 1.165) is 22.8 Å². The van der Waals surface area contributed by atoms with Crippen LogP contribution in [-0.2, 0) is 6.54 Å². The number of nitrogens with zero attached hydrogens (tertiary/aromatic N) is 2. The van der Waals surface area contributed by atoms with Gasteiger partial charge in [-0.3, -0.25) is 4.98 Å². The van der Waals surface area contributed by atoms with Gasteiger partial charge in [-0.1, -0.05) is 28.1 Å². The lowest BCUT2D eigenvalue weighted by Gasteiger charge is -2.34. The van der Waals surface area contributed by atoms with Crippen LogP contribution >= 0.6 is 15.9 Å². The lowest BCUT2D eigenvalue weighted by atomic mass is 9.85. The molecule has 0 unspecified atom stereocenters. The molecule has 19 heavy (non-hydrogen) atoms. The van der Waals surface area contributed by atoms with Gasteiger partial charge in [-0.05, 0) is 49.6 Å². The number of aromatic nitrogens is 1. The van der Waals surface area contributed by atoms with Gasteiger partial charge in [0.2, 0.25) is 0 Å². The maximum atomic E-state index is 4.36. The molecular weight excluding hydrogens is 300 g/mol. The Kier molecular flexibility index (Phi) is 3.85. The van der Waals surface area contributed by atoms with Crippen molar-refractivity contribution in [3.05, 3.63) is 42.1 Å². The molecule has 0 saturated heterocycles. The van der Waals surface area contributed by atoms with Crippen molar-refractivity contribution in [3.8, 4) is 0 Å². The second kappa shape index (κ2) is 5.59. The lowest BCUT2D eigenvalue weighted by molar-refractivity contribution is 0.208. The normalized spacial score (nSPS) is 22.7. The van der Waals surface area contributed by atoms with E-state index in [-0.39, 0.29) is 0 Å². The van der Waals surface area contributed by atoms with Crippen LogP contribution in [-0.4, -0.2) is 28.3 Å². The highest BCUT2D eigenvalue weighted by Crippen LogP contribution is 2.33. The summed E-state index contributed by atoms with van der Waals surface area (Å²) in [6, 6.07) is 10.7. The van der Waals surface area contributed by atoms with Crippen LogP contribution < -0.4 is 0 Å². The van der Waals surface area contributed by atoms with Crippen LogP contribution in [0.25, 0.3) is 10.9 Å². The molecule has 1 aromatic carbocycles. The number of hydrogen-bond donors (Lipinski definition) is 0. The highest BCUT2D eigenvalue weighted by molar-refractivity contribution is 9.09. The van der Waals surface area contributed by atoms with E-state index < -0.39 is 0 Å². The fourth-order valence-electron chi connectivity index (χ4n) is 2.84. The third kappa shape index (κ3) is 3.15. The third-order valence-corrected chi connectivity index (χ3v) is 4.62. The first kappa shape index (κ1) is 13.1. The summed E-state index contributed by atoms with van der Waals surface area (Å²) in [6.07, 6.45) is 4.50. The Morgan fingerprint density at radius 3 is 2.95 bits per heavy atom. The summed E-state index contributed by atoms with van der Waals surface area (Å²) in [4.78, 5) is 7.56. The molecule has 0 atom stereocenters. The highest BCUT2D eigenvalue weighted by atomic mass is 79.9. The van der Waals surface area contributed by atoms with Gasteiger partial charge >= 0.3 is 0 Å². The van der Waals surface area contributed by atoms with E-state index in [4.69, 9.17) is 0 Å². The molecule has 1 aliphatic rings. The molecule has 2 aromatic rings. The van der Waals surface area contributed by atoms with E-state index in [9.17, 15) is 0 Å². The first-order valence-corrected chi connectivity index (χ1v) is 7.78. The molecule has 0 spiro atoms. The fraction of sp³-hybridized carbons (Fsp3) is 0.438. The Hall–Kier alpha value is -0.930. The molecule has 1 heterocycles. The number of benzene rings is 1. The molecule has 0 radical (unpaired) electrons. The number of fused-ring (bicyclic) bond motifs is 1. The predicted molar refractivity (Wildman–Crippen MR) is 83.5 cm³/mol. The van der Waals surface area contributed by atoms with Crippen molar-refractivity contribution in [1.82, 2.24) is 9.88 Å². The van der Waals surface area contributed by atoms with Crippen molar-refractivity contribution in [3.63, 3.8) is 0 Å². The summed E-state index contributed by atoms with van der Waals surface area (Å²) in [6.45, 7) is 2.22. The zero-order valence-corrected chi connectivity index (χ0v) is 12.8. The quantitative estimate of drug-likeness (QED) is 0.796. The molecule has 1 aromatic heterocycles. The van der Waals surface area contributed by atoms with Crippen molar-refractivity contribution < 1.29 is 0 Å². The summed E-state index contributed by atoms with van der Waals surface area (Å²) in [7, 11) is 2.22. The van der Waals surface area contributed by atoms with Gasteiger partial charge in [0.05, 0.1) is 5.52 Å². The van der Waals surface area contributed by atoms with Crippen LogP contribution in [0, 0.1) is 5.92 Å². The summed E-state index contributed by atoms with van der Waals surface area (Å²) < 4.78 is 0. The number of alkyl halides is 1. The number of halogens is 1. The molecule has 0 amide bonds. The van der Waals surface area contributed by atoms with Gasteiger partial charge in [-0.25, -0.2) is 0 Å². The van der Waals surface area contributed by atoms with E-state index in [1.54, 1.807) is 0 Å². The topological polar surface area (TPSA) is 16.1 Å². The van der Waals surface area contributed by atoms with Gasteiger partial charge in [0.1, 0.15) is 0 Å². The van der Waals surface area contributed by atoms with E-state index >= 15 is 0 Å². The Balaban J connectivity index is 1.64. The zero-order chi connectivity index (χ0) is 13.2. The Bertz CT molecular complexity index is 563. The molecule has 1 aliphatic carbocycles. The Morgan fingerprint density at radius 2 is 2.16 bits per heavy atom. The first-order valence-electron chi connectivity index (χ1n) is 6.87. The van der Waals surface area contributed by atoms with Crippen molar-refractivity contribution in [2.24, 2.45) is 5.92 Å². The maximum absolute atomic E-state index is 4.36. The Labute approximate surface area is 123 Å². The highest BCUT2D eigenvalue weighted by Gasteiger charge is 2.27. The summed E-state index contributed by atoms with van der Waals surface area (Å²) in [5, 5.41) is 1.23. The molecule has 1 saturated carbocycles. The van der Waals surface area contributed by atoms with Crippen LogP contribution in [0.15, 0.2) is 36.5 Å². The molecule has 0 N–H and O–H groups in total. The second-order valence-electron chi connectivity index (χ2n) is 5.66. The number of hydrogen-bond acceptors (Lipinski definition) is 2. The molecule has 100 valence electrons. The molecule has 3 rings (SSSR count). The van der Waals surface area contributed by atoms with Crippen molar-refractivity contribution in [2.75, 3.05) is 13.6 Å². The van der Waals surface area contributed by atoms with Gasteiger partial charge < -0.3 is 4.90 Å². The molecule has 2 nitrogen and oxygen atoms in total. The lowest BCUT2D eigenvalue weighted by Crippen LogP contribution is -2.34. The van der Waals surface area contributed by atoms with Crippen LogP contribution in [0.5, 0.6) is 0 Å². The molecule has 0 bridgehead atoms. The summed E-state index contributed by atoms with van der Waals surface area (Å²) in [5.74, 6) is 0.872. The van der Waals surface area contributed by atoms with Crippen LogP contribution in [0.3, 0.4) is 0 Å². The van der Waals surface area contributed by atoms with E-state index in [0.29, 0.717) is 0 Å². The van der Waals surface area contributed by atoms with Crippen LogP contribution in [0.1, 0.15) is 18.4 Å². The van der Waals surface area contributed by atoms with Crippen LogP contribution in [0.2, 0.25) is 0 Å². The van der Waals surface area contributed by atoms with Gasteiger partial charge in [0.25, 0.3) is 0 Å². The summed E-state index contributed by atoms with van der Waals surface area (Å²) in [5.41, 5.74) is 2.45. The zero-order valence-electron chi connectivity index (χ0n) is 11.2. The van der Waals surface area contributed by atoms with Gasteiger partial charge in [0.15, 0.2) is 0 Å². The molecular formula is C16H19BrN2. The summed E-state index contributed by atoms with van der Waals surface area (Å²) >= 11 is 3.66. The largest absolute Gasteiger partial charge is 0.302 e. The van der Waals surface area contributed by atoms with E-state index in [1.165, 1.54) is 30.3 Å². The minimum absolute atomic E-state index is 0.762. The molecule has 3 heteroatoms. The first-order chi connectivity index (χ1) is 9.20. The van der Waals surface area contributed by atoms with Crippen molar-refractivity contribution in [2.45, 2.75) is 24.2 Å². The van der Waals surface area contributed by atoms with Crippen molar-refractivity contribution >= 4 is 26.8 Å². The van der Waals surface area contributed by atoms with E-state index in [1.807, 2.05) is 12.3 Å². The number of rotatable bonds is 4. The van der Waals surface area contributed by atoms with Gasteiger partial charge in [-0.2, -0.15) is 0 Å².